The van der Waals surface area contributed by atoms with Crippen molar-refractivity contribution in [2.45, 2.75) is 63.2 Å². The van der Waals surface area contributed by atoms with Gasteiger partial charge < -0.3 is 35.0 Å². The number of anilines is 1. The number of carbonyl (C=O) groups is 3. The fourth-order valence-corrected chi connectivity index (χ4v) is 5.98. The van der Waals surface area contributed by atoms with E-state index in [1.807, 2.05) is 41.0 Å². The number of nitrogens with one attached hydrogen (secondary N) is 1. The summed E-state index contributed by atoms with van der Waals surface area (Å²) in [7, 11) is 0. The second-order valence-corrected chi connectivity index (χ2v) is 12.4. The van der Waals surface area contributed by atoms with E-state index < -0.39 is 23.7 Å². The van der Waals surface area contributed by atoms with Gasteiger partial charge in [-0.3, -0.25) is 4.79 Å². The standard InChI is InChI=1S/C33H38ClN5O6/c1-33(44)12-19-37(20-13-33)15-4-14-35-30(41)29(22-23-7-8-28(40)26(34)21-23)45-32(43)38-16-10-25(11-17-38)39-18-9-24-5-2-3-6-27(24)36-31(39)42/h2-3,5-8,15,21,25,29,40,44H,9-13,16-20,22H2,1H3,(H,36,42)/t29-/m1/s1. The molecular formula is C33H38ClN5O6. The molecule has 4 amide bonds. The number of hydrogen-bond donors (Lipinski definition) is 3. The number of para-hydroxylation sites is 1. The predicted octanol–water partition coefficient (Wildman–Crippen LogP) is 4.36. The predicted molar refractivity (Wildman–Crippen MR) is 170 cm³/mol. The second kappa shape index (κ2) is 14.2. The van der Waals surface area contributed by atoms with Crippen LogP contribution in [0.1, 0.15) is 43.7 Å². The number of aromatic hydroxyl groups is 1. The highest BCUT2D eigenvalue weighted by atomic mass is 35.5. The van der Waals surface area contributed by atoms with Crippen molar-refractivity contribution < 1.29 is 29.3 Å². The van der Waals surface area contributed by atoms with Crippen LogP contribution in [0.4, 0.5) is 15.3 Å². The lowest BCUT2D eigenvalue weighted by atomic mass is 9.94. The first-order chi connectivity index (χ1) is 21.6. The van der Waals surface area contributed by atoms with Crippen LogP contribution in [0.3, 0.4) is 0 Å². The number of nitrogens with zero attached hydrogens (tertiary/aromatic N) is 4. The highest BCUT2D eigenvalue weighted by Gasteiger charge is 2.33. The van der Waals surface area contributed by atoms with Crippen LogP contribution >= 0.6 is 11.6 Å². The van der Waals surface area contributed by atoms with Gasteiger partial charge in [-0.05, 0) is 74.1 Å². The molecule has 1 atom stereocenters. The molecule has 0 bridgehead atoms. The molecule has 0 unspecified atom stereocenters. The van der Waals surface area contributed by atoms with E-state index in [2.05, 4.69) is 21.9 Å². The van der Waals surface area contributed by atoms with E-state index in [1.54, 1.807) is 12.3 Å². The zero-order chi connectivity index (χ0) is 32.0. The smallest absolute Gasteiger partial charge is 0.410 e. The van der Waals surface area contributed by atoms with Gasteiger partial charge in [0.15, 0.2) is 6.10 Å². The van der Waals surface area contributed by atoms with Crippen LogP contribution in [-0.4, -0.2) is 99.3 Å². The number of benzene rings is 2. The maximum atomic E-state index is 13.2. The Kier molecular flexibility index (Phi) is 10.2. The summed E-state index contributed by atoms with van der Waals surface area (Å²) in [6.45, 7) is 4.40. The molecule has 3 aliphatic rings. The van der Waals surface area contributed by atoms with Crippen molar-refractivity contribution in [2.75, 3.05) is 38.0 Å². The number of rotatable bonds is 6. The van der Waals surface area contributed by atoms with Crippen molar-refractivity contribution in [3.8, 4) is 5.75 Å². The third-order valence-electron chi connectivity index (χ3n) is 8.61. The van der Waals surface area contributed by atoms with Crippen LogP contribution in [0.25, 0.3) is 0 Å². The Morgan fingerprint density at radius 3 is 2.62 bits per heavy atom. The number of piperidine rings is 2. The number of likely N-dealkylation sites (tertiary alicyclic amines) is 2. The summed E-state index contributed by atoms with van der Waals surface area (Å²) in [5.74, 6) is 1.68. The molecule has 0 saturated carbocycles. The molecule has 238 valence electrons. The summed E-state index contributed by atoms with van der Waals surface area (Å²) < 4.78 is 5.69. The molecule has 0 radical (unpaired) electrons. The van der Waals surface area contributed by atoms with Gasteiger partial charge in [-0.15, -0.1) is 0 Å². The number of urea groups is 1. The lowest BCUT2D eigenvalue weighted by Gasteiger charge is -2.37. The molecule has 0 aliphatic carbocycles. The fraction of sp³-hybridized carbons (Fsp3) is 0.455. The number of ether oxygens (including phenoxy) is 1. The molecule has 0 spiro atoms. The largest absolute Gasteiger partial charge is 0.506 e. The Bertz CT molecular complexity index is 1520. The van der Waals surface area contributed by atoms with Crippen molar-refractivity contribution in [3.63, 3.8) is 0 Å². The maximum Gasteiger partial charge on any atom is 0.410 e. The van der Waals surface area contributed by atoms with E-state index in [0.717, 1.165) is 17.7 Å². The Morgan fingerprint density at radius 1 is 1.16 bits per heavy atom. The lowest BCUT2D eigenvalue weighted by molar-refractivity contribution is -0.126. The first-order valence-corrected chi connectivity index (χ1v) is 15.6. The minimum atomic E-state index is -1.26. The van der Waals surface area contributed by atoms with Gasteiger partial charge in [0.25, 0.3) is 5.91 Å². The van der Waals surface area contributed by atoms with Crippen LogP contribution in [0.2, 0.25) is 5.02 Å². The van der Waals surface area contributed by atoms with Crippen LogP contribution in [0, 0.1) is 0 Å². The topological polar surface area (TPSA) is 135 Å². The molecule has 3 aliphatic heterocycles. The monoisotopic (exact) mass is 635 g/mol. The number of amides is 4. The van der Waals surface area contributed by atoms with Gasteiger partial charge in [0.05, 0.1) is 16.8 Å². The number of phenols is 1. The number of phenolic OH excluding ortho intramolecular Hbond substituents is 1. The molecule has 0 aromatic heterocycles. The normalized spacial score (nSPS) is 18.8. The van der Waals surface area contributed by atoms with E-state index in [-0.39, 0.29) is 29.3 Å². The molecule has 2 saturated heterocycles. The number of hydrogen-bond acceptors (Lipinski definition) is 7. The molecule has 3 N–H and O–H groups in total. The lowest BCUT2D eigenvalue weighted by Crippen LogP contribution is -2.50. The number of fused-ring (bicyclic) bond motifs is 1. The highest BCUT2D eigenvalue weighted by molar-refractivity contribution is 6.32. The Balaban J connectivity index is 1.21. The minimum absolute atomic E-state index is 0.00829. The highest BCUT2D eigenvalue weighted by Crippen LogP contribution is 2.27. The van der Waals surface area contributed by atoms with Crippen molar-refractivity contribution in [2.24, 2.45) is 4.99 Å². The Morgan fingerprint density at radius 2 is 1.89 bits per heavy atom. The van der Waals surface area contributed by atoms with Crippen molar-refractivity contribution in [3.05, 3.63) is 70.5 Å². The molecule has 11 nitrogen and oxygen atoms in total. The number of halogens is 1. The molecule has 3 heterocycles. The Labute approximate surface area is 267 Å². The van der Waals surface area contributed by atoms with Crippen LogP contribution in [-0.2, 0) is 22.4 Å². The number of aliphatic hydroxyl groups is 1. The van der Waals surface area contributed by atoms with E-state index in [0.29, 0.717) is 64.0 Å². The average Bonchev–Trinajstić information content (AvgIpc) is 3.19. The molecule has 2 fully saturated rings. The summed E-state index contributed by atoms with van der Waals surface area (Å²) in [4.78, 5) is 48.5. The molecule has 12 heteroatoms. The molecule has 2 aromatic carbocycles. The second-order valence-electron chi connectivity index (χ2n) is 12.0. The van der Waals surface area contributed by atoms with Crippen molar-refractivity contribution in [1.82, 2.24) is 14.7 Å². The van der Waals surface area contributed by atoms with E-state index in [9.17, 15) is 24.6 Å². The van der Waals surface area contributed by atoms with Gasteiger partial charge in [-0.2, -0.15) is 4.99 Å². The average molecular weight is 636 g/mol. The van der Waals surface area contributed by atoms with Crippen LogP contribution in [0.5, 0.6) is 5.75 Å². The Hall–Kier alpha value is -4.27. The van der Waals surface area contributed by atoms with E-state index in [1.165, 1.54) is 17.0 Å². The van der Waals surface area contributed by atoms with Gasteiger partial charge in [-0.25, -0.2) is 9.59 Å². The van der Waals surface area contributed by atoms with Gasteiger partial charge >= 0.3 is 12.1 Å². The number of aliphatic imine (C=N–C) groups is 1. The zero-order valence-electron chi connectivity index (χ0n) is 25.2. The minimum Gasteiger partial charge on any atom is -0.506 e. The van der Waals surface area contributed by atoms with Crippen LogP contribution in [0.15, 0.2) is 59.4 Å². The van der Waals surface area contributed by atoms with Gasteiger partial charge in [0.2, 0.25) is 0 Å². The van der Waals surface area contributed by atoms with Gasteiger partial charge in [0.1, 0.15) is 5.75 Å². The summed E-state index contributed by atoms with van der Waals surface area (Å²) in [6.07, 6.45) is 2.84. The molecule has 45 heavy (non-hydrogen) atoms. The quantitative estimate of drug-likeness (QED) is 0.317. The van der Waals surface area contributed by atoms with E-state index >= 15 is 0 Å². The third kappa shape index (κ3) is 8.47. The van der Waals surface area contributed by atoms with E-state index in [4.69, 9.17) is 16.3 Å². The van der Waals surface area contributed by atoms with Crippen molar-refractivity contribution in [1.29, 1.82) is 0 Å². The first kappa shape index (κ1) is 32.1. The summed E-state index contributed by atoms with van der Waals surface area (Å²) in [6, 6.07) is 12.1. The third-order valence-corrected chi connectivity index (χ3v) is 8.91. The zero-order valence-corrected chi connectivity index (χ0v) is 26.0. The maximum absolute atomic E-state index is 13.2. The first-order valence-electron chi connectivity index (χ1n) is 15.2. The molecule has 5 rings (SSSR count). The van der Waals surface area contributed by atoms with Gasteiger partial charge in [-0.1, -0.05) is 35.9 Å². The van der Waals surface area contributed by atoms with Gasteiger partial charge in [0, 0.05) is 56.7 Å². The summed E-state index contributed by atoms with van der Waals surface area (Å²) in [5, 5.41) is 23.0. The van der Waals surface area contributed by atoms with Crippen molar-refractivity contribution >= 4 is 41.2 Å². The number of carbonyl (C=O) groups excluding carboxylic acids is 3. The molecule has 2 aromatic rings. The van der Waals surface area contributed by atoms with Crippen LogP contribution < -0.4 is 5.32 Å². The SMILES string of the molecule is CC1(O)CCN(C=C=C=NC(=O)[C@@H](Cc2ccc(O)c(Cl)c2)OC(=O)N2CCC(N3CCc4ccccc4NC3=O)CC2)CC1. The summed E-state index contributed by atoms with van der Waals surface area (Å²) >= 11 is 6.07. The molecular weight excluding hydrogens is 598 g/mol. The summed E-state index contributed by atoms with van der Waals surface area (Å²) in [5.41, 5.74) is 4.56. The fourth-order valence-electron chi connectivity index (χ4n) is 5.78.